The van der Waals surface area contributed by atoms with E-state index in [0.29, 0.717) is 13.1 Å². The second-order valence-electron chi connectivity index (χ2n) is 3.74. The Hall–Kier alpha value is -0.790. The van der Waals surface area contributed by atoms with Gasteiger partial charge in [-0.3, -0.25) is 4.79 Å². The lowest BCUT2D eigenvalue weighted by Crippen LogP contribution is -2.69. The fraction of sp³-hybridized carbons (Fsp3) is 0.875. The lowest BCUT2D eigenvalue weighted by atomic mass is 9.88. The minimum Gasteiger partial charge on any atom is -0.481 e. The Labute approximate surface area is 85.5 Å². The maximum Gasteiger partial charge on any atom is 0.305 e. The van der Waals surface area contributed by atoms with E-state index in [1.165, 1.54) is 0 Å². The number of carboxylic acid groups (broad SMARTS) is 1. The highest BCUT2D eigenvalue weighted by Gasteiger charge is 2.39. The van der Waals surface area contributed by atoms with Crippen LogP contribution < -0.4 is 10.6 Å². The molecule has 0 aliphatic carbocycles. The number of hydrogen-bond donors (Lipinski definition) is 4. The Morgan fingerprint density at radius 1 is 1.53 bits per heavy atom. The number of β-amino-alcohol motifs (C(OH)–C–C–N with tert-alkyl or cyclic N) is 1. The molecule has 1 heterocycles. The predicted octanol–water partition coefficient (Wildman–Crippen LogP) is -0.981. The van der Waals surface area contributed by atoms with Gasteiger partial charge in [-0.25, -0.2) is 8.78 Å². The first-order chi connectivity index (χ1) is 6.95. The Bertz CT molecular complexity index is 234. The lowest BCUT2D eigenvalue weighted by molar-refractivity contribution is -0.139. The highest BCUT2D eigenvalue weighted by Crippen LogP contribution is 2.16. The third-order valence-corrected chi connectivity index (χ3v) is 2.39. The number of carbonyl (C=O) groups is 1. The summed E-state index contributed by atoms with van der Waals surface area (Å²) in [6.45, 7) is 0.525. The highest BCUT2D eigenvalue weighted by molar-refractivity contribution is 5.68. The number of halogens is 2. The Morgan fingerprint density at radius 2 is 2.13 bits per heavy atom. The molecule has 0 aromatic carbocycles. The van der Waals surface area contributed by atoms with Gasteiger partial charge in [-0.15, -0.1) is 0 Å². The molecule has 1 aliphatic heterocycles. The molecule has 4 N–H and O–H groups in total. The first-order valence-electron chi connectivity index (χ1n) is 4.59. The van der Waals surface area contributed by atoms with Crippen LogP contribution in [0.5, 0.6) is 0 Å². The topological polar surface area (TPSA) is 81.6 Å². The van der Waals surface area contributed by atoms with E-state index in [2.05, 4.69) is 10.6 Å². The van der Waals surface area contributed by atoms with Crippen LogP contribution in [0.15, 0.2) is 0 Å². The smallest absolute Gasteiger partial charge is 0.305 e. The molecule has 1 saturated heterocycles. The molecule has 0 spiro atoms. The van der Waals surface area contributed by atoms with Crippen molar-refractivity contribution in [3.8, 4) is 0 Å². The number of carboxylic acids is 1. The minimum atomic E-state index is -2.81. The van der Waals surface area contributed by atoms with Gasteiger partial charge in [0.1, 0.15) is 6.10 Å². The second-order valence-corrected chi connectivity index (χ2v) is 3.74. The number of aliphatic hydroxyl groups excluding tert-OH is 1. The summed E-state index contributed by atoms with van der Waals surface area (Å²) in [4.78, 5) is 10.5. The summed E-state index contributed by atoms with van der Waals surface area (Å²) >= 11 is 0. The normalized spacial score (nSPS) is 21.1. The van der Waals surface area contributed by atoms with Gasteiger partial charge in [0.2, 0.25) is 0 Å². The molecule has 1 rings (SSSR count). The molecule has 1 atom stereocenters. The molecular weight excluding hydrogens is 210 g/mol. The molecule has 0 amide bonds. The molecule has 0 aromatic rings. The molecule has 0 aromatic heterocycles. The van der Waals surface area contributed by atoms with E-state index >= 15 is 0 Å². The molecule has 7 heteroatoms. The van der Waals surface area contributed by atoms with Gasteiger partial charge in [0.25, 0.3) is 6.43 Å². The van der Waals surface area contributed by atoms with Gasteiger partial charge in [-0.2, -0.15) is 0 Å². The van der Waals surface area contributed by atoms with E-state index in [4.69, 9.17) is 10.2 Å². The summed E-state index contributed by atoms with van der Waals surface area (Å²) in [5, 5.41) is 23.0. The van der Waals surface area contributed by atoms with E-state index in [1.54, 1.807) is 0 Å². The van der Waals surface area contributed by atoms with E-state index in [0.717, 1.165) is 0 Å². The summed E-state index contributed by atoms with van der Waals surface area (Å²) in [6, 6.07) is 0. The highest BCUT2D eigenvalue weighted by atomic mass is 19.3. The van der Waals surface area contributed by atoms with E-state index in [1.807, 2.05) is 0 Å². The molecule has 1 unspecified atom stereocenters. The van der Waals surface area contributed by atoms with Crippen molar-refractivity contribution in [1.29, 1.82) is 0 Å². The fourth-order valence-corrected chi connectivity index (χ4v) is 1.44. The van der Waals surface area contributed by atoms with Crippen LogP contribution >= 0.6 is 0 Å². The monoisotopic (exact) mass is 224 g/mol. The molecule has 0 saturated carbocycles. The number of rotatable bonds is 6. The number of hydrogen-bond acceptors (Lipinski definition) is 4. The third kappa shape index (κ3) is 3.37. The van der Waals surface area contributed by atoms with Crippen LogP contribution in [0, 0.1) is 0 Å². The number of aliphatic hydroxyl groups is 1. The van der Waals surface area contributed by atoms with Crippen molar-refractivity contribution in [2.24, 2.45) is 0 Å². The van der Waals surface area contributed by atoms with Gasteiger partial charge >= 0.3 is 5.97 Å². The standard InChI is InChI=1S/C8H14F2N2O3/c9-7(10)5(13)2-12-8(1-6(14)15)3-11-4-8/h5,7,11-13H,1-4H2,(H,14,15). The lowest BCUT2D eigenvalue weighted by Gasteiger charge is -2.42. The molecule has 5 nitrogen and oxygen atoms in total. The van der Waals surface area contributed by atoms with Crippen molar-refractivity contribution < 1.29 is 23.8 Å². The van der Waals surface area contributed by atoms with E-state index < -0.39 is 24.0 Å². The van der Waals surface area contributed by atoms with Crippen LogP contribution in [-0.4, -0.2) is 53.9 Å². The Morgan fingerprint density at radius 3 is 2.47 bits per heavy atom. The number of alkyl halides is 2. The molecule has 88 valence electrons. The number of nitrogens with one attached hydrogen (secondary N) is 2. The summed E-state index contributed by atoms with van der Waals surface area (Å²) in [7, 11) is 0. The Balaban J connectivity index is 2.37. The average Bonchev–Trinajstić information content (AvgIpc) is 2.08. The molecule has 0 bridgehead atoms. The SMILES string of the molecule is O=C(O)CC1(NCC(O)C(F)F)CNC1. The predicted molar refractivity (Wildman–Crippen MR) is 47.9 cm³/mol. The summed E-state index contributed by atoms with van der Waals surface area (Å²) in [5.74, 6) is -0.990. The van der Waals surface area contributed by atoms with Crippen molar-refractivity contribution >= 4 is 5.97 Å². The van der Waals surface area contributed by atoms with Crippen LogP contribution in [0.1, 0.15) is 6.42 Å². The van der Waals surface area contributed by atoms with Gasteiger partial charge in [-0.1, -0.05) is 0 Å². The zero-order valence-corrected chi connectivity index (χ0v) is 8.04. The fourth-order valence-electron chi connectivity index (χ4n) is 1.44. The van der Waals surface area contributed by atoms with Crippen LogP contribution in [0.3, 0.4) is 0 Å². The van der Waals surface area contributed by atoms with Gasteiger partial charge in [-0.05, 0) is 0 Å². The van der Waals surface area contributed by atoms with Crippen LogP contribution in [0.25, 0.3) is 0 Å². The molecule has 15 heavy (non-hydrogen) atoms. The molecule has 0 radical (unpaired) electrons. The van der Waals surface area contributed by atoms with Crippen LogP contribution in [-0.2, 0) is 4.79 Å². The number of aliphatic carboxylic acids is 1. The van der Waals surface area contributed by atoms with Crippen LogP contribution in [0.4, 0.5) is 8.78 Å². The first kappa shape index (κ1) is 12.3. The van der Waals surface area contributed by atoms with Crippen molar-refractivity contribution in [3.63, 3.8) is 0 Å². The zero-order chi connectivity index (χ0) is 11.5. The van der Waals surface area contributed by atoms with Gasteiger partial charge < -0.3 is 20.8 Å². The maximum absolute atomic E-state index is 12.0. The second kappa shape index (κ2) is 4.82. The average molecular weight is 224 g/mol. The van der Waals surface area contributed by atoms with Gasteiger partial charge in [0.15, 0.2) is 0 Å². The largest absolute Gasteiger partial charge is 0.481 e. The van der Waals surface area contributed by atoms with E-state index in [-0.39, 0.29) is 13.0 Å². The van der Waals surface area contributed by atoms with Crippen molar-refractivity contribution in [1.82, 2.24) is 10.6 Å². The first-order valence-corrected chi connectivity index (χ1v) is 4.59. The van der Waals surface area contributed by atoms with Crippen molar-refractivity contribution in [2.75, 3.05) is 19.6 Å². The third-order valence-electron chi connectivity index (χ3n) is 2.39. The van der Waals surface area contributed by atoms with Crippen LogP contribution in [0.2, 0.25) is 0 Å². The van der Waals surface area contributed by atoms with Crippen molar-refractivity contribution in [3.05, 3.63) is 0 Å². The van der Waals surface area contributed by atoms with Gasteiger partial charge in [0, 0.05) is 19.6 Å². The summed E-state index contributed by atoms with van der Waals surface area (Å²) in [5.41, 5.74) is -0.693. The van der Waals surface area contributed by atoms with Crippen molar-refractivity contribution in [2.45, 2.75) is 24.5 Å². The maximum atomic E-state index is 12.0. The van der Waals surface area contributed by atoms with Gasteiger partial charge in [0.05, 0.1) is 12.0 Å². The Kier molecular flexibility index (Phi) is 3.95. The molecular formula is C8H14F2N2O3. The summed E-state index contributed by atoms with van der Waals surface area (Å²) < 4.78 is 23.9. The quantitative estimate of drug-likeness (QED) is 0.466. The zero-order valence-electron chi connectivity index (χ0n) is 8.04. The summed E-state index contributed by atoms with van der Waals surface area (Å²) in [6.07, 6.45) is -4.71. The minimum absolute atomic E-state index is 0.143. The molecule has 1 aliphatic rings. The molecule has 1 fully saturated rings. The van der Waals surface area contributed by atoms with E-state index in [9.17, 15) is 13.6 Å².